The zero-order chi connectivity index (χ0) is 13.9. The van der Waals surface area contributed by atoms with Crippen molar-refractivity contribution in [2.45, 2.75) is 18.8 Å². The molecule has 0 amide bonds. The lowest BCUT2D eigenvalue weighted by Crippen LogP contribution is -2.35. The van der Waals surface area contributed by atoms with Gasteiger partial charge in [-0.2, -0.15) is 15.4 Å². The van der Waals surface area contributed by atoms with Crippen LogP contribution in [0.1, 0.15) is 24.5 Å². The maximum atomic E-state index is 10.6. The van der Waals surface area contributed by atoms with Gasteiger partial charge in [0.15, 0.2) is 0 Å². The van der Waals surface area contributed by atoms with Crippen molar-refractivity contribution in [2.24, 2.45) is 0 Å². The van der Waals surface area contributed by atoms with Crippen LogP contribution in [0.4, 0.5) is 11.5 Å². The topological polar surface area (TPSA) is 101 Å². The smallest absolute Gasteiger partial charge is 0.287 e. The average molecular weight is 274 g/mol. The number of rotatable bonds is 3. The molecule has 1 saturated heterocycles. The van der Waals surface area contributed by atoms with Crippen LogP contribution in [0, 0.1) is 10.1 Å². The van der Waals surface area contributed by atoms with E-state index in [4.69, 9.17) is 0 Å². The molecule has 104 valence electrons. The van der Waals surface area contributed by atoms with Gasteiger partial charge in [-0.05, 0) is 18.9 Å². The minimum Gasteiger partial charge on any atom is -0.356 e. The van der Waals surface area contributed by atoms with Gasteiger partial charge < -0.3 is 4.90 Å². The van der Waals surface area contributed by atoms with Gasteiger partial charge in [0.05, 0.1) is 16.8 Å². The number of anilines is 1. The molecular formula is C12H14N6O2. The van der Waals surface area contributed by atoms with E-state index in [1.54, 1.807) is 12.3 Å². The fraction of sp³-hybridized carbons (Fsp3) is 0.417. The van der Waals surface area contributed by atoms with Crippen LogP contribution in [0.2, 0.25) is 0 Å². The molecule has 2 aromatic heterocycles. The number of pyridine rings is 1. The lowest BCUT2D eigenvalue weighted by atomic mass is 9.95. The molecule has 0 saturated carbocycles. The molecule has 1 aliphatic rings. The molecule has 0 bridgehead atoms. The second-order valence-electron chi connectivity index (χ2n) is 4.81. The van der Waals surface area contributed by atoms with Crippen LogP contribution in [-0.2, 0) is 0 Å². The highest BCUT2D eigenvalue weighted by Gasteiger charge is 2.24. The number of piperidine rings is 1. The van der Waals surface area contributed by atoms with Gasteiger partial charge in [-0.1, -0.05) is 0 Å². The quantitative estimate of drug-likeness (QED) is 0.672. The molecule has 0 spiro atoms. The first kappa shape index (κ1) is 12.5. The summed E-state index contributed by atoms with van der Waals surface area (Å²) in [4.78, 5) is 16.5. The van der Waals surface area contributed by atoms with Gasteiger partial charge in [-0.3, -0.25) is 10.1 Å². The van der Waals surface area contributed by atoms with Crippen molar-refractivity contribution in [3.8, 4) is 0 Å². The van der Waals surface area contributed by atoms with E-state index in [1.165, 1.54) is 12.3 Å². The standard InChI is InChI=1S/C12H14N6O2/c19-18(20)10-3-4-12(13-6-10)17-5-1-2-9(8-17)11-7-14-16-15-11/h3-4,6-7,9H,1-2,5,8H2,(H,14,15,16). The van der Waals surface area contributed by atoms with Crippen molar-refractivity contribution in [1.82, 2.24) is 20.4 Å². The molecule has 0 aromatic carbocycles. The predicted octanol–water partition coefficient (Wildman–Crippen LogP) is 1.49. The Bertz CT molecular complexity index is 583. The molecule has 8 nitrogen and oxygen atoms in total. The number of nitrogens with zero attached hydrogens (tertiary/aromatic N) is 5. The van der Waals surface area contributed by atoms with Crippen LogP contribution >= 0.6 is 0 Å². The molecule has 1 atom stereocenters. The highest BCUT2D eigenvalue weighted by atomic mass is 16.6. The van der Waals surface area contributed by atoms with E-state index in [0.29, 0.717) is 5.92 Å². The third kappa shape index (κ3) is 2.44. The Morgan fingerprint density at radius 1 is 1.40 bits per heavy atom. The summed E-state index contributed by atoms with van der Waals surface area (Å²) in [6.45, 7) is 1.70. The third-order valence-corrected chi connectivity index (χ3v) is 3.54. The van der Waals surface area contributed by atoms with Crippen LogP contribution in [0.25, 0.3) is 0 Å². The van der Waals surface area contributed by atoms with Gasteiger partial charge in [-0.25, -0.2) is 4.98 Å². The summed E-state index contributed by atoms with van der Waals surface area (Å²) in [6, 6.07) is 3.19. The number of aromatic amines is 1. The van der Waals surface area contributed by atoms with Gasteiger partial charge in [-0.15, -0.1) is 0 Å². The van der Waals surface area contributed by atoms with Crippen molar-refractivity contribution in [2.75, 3.05) is 18.0 Å². The number of nitro groups is 1. The van der Waals surface area contributed by atoms with E-state index in [1.807, 2.05) is 0 Å². The van der Waals surface area contributed by atoms with Crippen LogP contribution < -0.4 is 4.90 Å². The van der Waals surface area contributed by atoms with Crippen molar-refractivity contribution >= 4 is 11.5 Å². The molecule has 8 heteroatoms. The Morgan fingerprint density at radius 3 is 2.95 bits per heavy atom. The van der Waals surface area contributed by atoms with Crippen molar-refractivity contribution in [3.63, 3.8) is 0 Å². The monoisotopic (exact) mass is 274 g/mol. The largest absolute Gasteiger partial charge is 0.356 e. The average Bonchev–Trinajstić information content (AvgIpc) is 3.02. The second kappa shape index (κ2) is 5.24. The molecular weight excluding hydrogens is 260 g/mol. The number of aromatic nitrogens is 4. The molecule has 3 heterocycles. The Labute approximate surface area is 115 Å². The molecule has 0 radical (unpaired) electrons. The Hall–Kier alpha value is -2.51. The number of hydrogen-bond acceptors (Lipinski definition) is 6. The van der Waals surface area contributed by atoms with Crippen molar-refractivity contribution < 1.29 is 4.92 Å². The Balaban J connectivity index is 1.75. The van der Waals surface area contributed by atoms with Gasteiger partial charge in [0, 0.05) is 25.1 Å². The first-order chi connectivity index (χ1) is 9.74. The Kier molecular flexibility index (Phi) is 3.28. The zero-order valence-corrected chi connectivity index (χ0v) is 10.8. The minimum atomic E-state index is -0.439. The lowest BCUT2D eigenvalue weighted by molar-refractivity contribution is -0.385. The van der Waals surface area contributed by atoms with Crippen molar-refractivity contribution in [1.29, 1.82) is 0 Å². The Morgan fingerprint density at radius 2 is 2.30 bits per heavy atom. The lowest BCUT2D eigenvalue weighted by Gasteiger charge is -2.32. The third-order valence-electron chi connectivity index (χ3n) is 3.54. The number of nitrogens with one attached hydrogen (secondary N) is 1. The summed E-state index contributed by atoms with van der Waals surface area (Å²) in [7, 11) is 0. The molecule has 2 aromatic rings. The highest BCUT2D eigenvalue weighted by Crippen LogP contribution is 2.28. The van der Waals surface area contributed by atoms with E-state index in [9.17, 15) is 10.1 Å². The maximum Gasteiger partial charge on any atom is 0.287 e. The number of H-pyrrole nitrogens is 1. The zero-order valence-electron chi connectivity index (χ0n) is 10.8. The van der Waals surface area contributed by atoms with E-state index in [-0.39, 0.29) is 5.69 Å². The SMILES string of the molecule is O=[N+]([O-])c1ccc(N2CCCC(c3cn[nH]n3)C2)nc1. The molecule has 1 unspecified atom stereocenters. The van der Waals surface area contributed by atoms with E-state index in [2.05, 4.69) is 25.3 Å². The summed E-state index contributed by atoms with van der Waals surface area (Å²) < 4.78 is 0. The first-order valence-corrected chi connectivity index (χ1v) is 6.45. The summed E-state index contributed by atoms with van der Waals surface area (Å²) >= 11 is 0. The highest BCUT2D eigenvalue weighted by molar-refractivity contribution is 5.43. The maximum absolute atomic E-state index is 10.6. The van der Waals surface area contributed by atoms with Crippen LogP contribution in [0.5, 0.6) is 0 Å². The molecule has 1 N–H and O–H groups in total. The van der Waals surface area contributed by atoms with Gasteiger partial charge in [0.1, 0.15) is 12.0 Å². The van der Waals surface area contributed by atoms with Crippen LogP contribution in [0.15, 0.2) is 24.5 Å². The molecule has 1 fully saturated rings. The van der Waals surface area contributed by atoms with E-state index < -0.39 is 4.92 Å². The number of hydrogen-bond donors (Lipinski definition) is 1. The van der Waals surface area contributed by atoms with Crippen LogP contribution in [0.3, 0.4) is 0 Å². The van der Waals surface area contributed by atoms with Crippen LogP contribution in [-0.4, -0.2) is 38.4 Å². The van der Waals surface area contributed by atoms with Gasteiger partial charge >= 0.3 is 0 Å². The molecule has 20 heavy (non-hydrogen) atoms. The normalized spacial score (nSPS) is 19.0. The summed E-state index contributed by atoms with van der Waals surface area (Å²) in [6.07, 6.45) is 5.15. The predicted molar refractivity (Wildman–Crippen MR) is 71.5 cm³/mol. The van der Waals surface area contributed by atoms with E-state index in [0.717, 1.165) is 37.4 Å². The van der Waals surface area contributed by atoms with Gasteiger partial charge in [0.25, 0.3) is 5.69 Å². The minimum absolute atomic E-state index is 0.0128. The summed E-state index contributed by atoms with van der Waals surface area (Å²) in [5.41, 5.74) is 0.968. The fourth-order valence-electron chi connectivity index (χ4n) is 2.51. The van der Waals surface area contributed by atoms with Gasteiger partial charge in [0.2, 0.25) is 0 Å². The van der Waals surface area contributed by atoms with E-state index >= 15 is 0 Å². The first-order valence-electron chi connectivity index (χ1n) is 6.45. The molecule has 1 aliphatic heterocycles. The van der Waals surface area contributed by atoms with Crippen molar-refractivity contribution in [3.05, 3.63) is 40.3 Å². The second-order valence-corrected chi connectivity index (χ2v) is 4.81. The summed E-state index contributed by atoms with van der Waals surface area (Å²) in [5.74, 6) is 1.09. The molecule has 0 aliphatic carbocycles. The summed E-state index contributed by atoms with van der Waals surface area (Å²) in [5, 5.41) is 21.2. The molecule has 3 rings (SSSR count). The fourth-order valence-corrected chi connectivity index (χ4v) is 2.51.